The molecule has 2 aliphatic rings. The summed E-state index contributed by atoms with van der Waals surface area (Å²) in [4.78, 5) is 26.2. The maximum absolute atomic E-state index is 13.9. The first-order valence-electron chi connectivity index (χ1n) is 7.53. The number of imide groups is 1. The molecular formula is C16H18ClFN2O2. The van der Waals surface area contributed by atoms with Crippen molar-refractivity contribution in [3.63, 3.8) is 0 Å². The zero-order valence-electron chi connectivity index (χ0n) is 12.4. The van der Waals surface area contributed by atoms with Crippen LogP contribution in [0.25, 0.3) is 0 Å². The number of nitrogens with zero attached hydrogens (tertiary/aromatic N) is 1. The van der Waals surface area contributed by atoms with Crippen molar-refractivity contribution >= 4 is 23.5 Å². The lowest BCUT2D eigenvalue weighted by Gasteiger charge is -2.36. The molecule has 1 aromatic carbocycles. The van der Waals surface area contributed by atoms with Gasteiger partial charge in [-0.3, -0.25) is 9.69 Å². The Labute approximate surface area is 133 Å². The Morgan fingerprint density at radius 3 is 2.86 bits per heavy atom. The number of halogens is 2. The first kappa shape index (κ1) is 15.3. The van der Waals surface area contributed by atoms with Crippen LogP contribution in [0.3, 0.4) is 0 Å². The van der Waals surface area contributed by atoms with Gasteiger partial charge in [0.1, 0.15) is 11.4 Å². The predicted molar refractivity (Wildman–Crippen MR) is 80.9 cm³/mol. The summed E-state index contributed by atoms with van der Waals surface area (Å²) < 4.78 is 13.9. The third-order valence-corrected chi connectivity index (χ3v) is 5.23. The summed E-state index contributed by atoms with van der Waals surface area (Å²) >= 11 is 6.00. The molecule has 1 N–H and O–H groups in total. The molecule has 6 heteroatoms. The van der Waals surface area contributed by atoms with Crippen LogP contribution in [0.4, 0.5) is 9.18 Å². The van der Waals surface area contributed by atoms with Crippen LogP contribution in [0.15, 0.2) is 18.2 Å². The second kappa shape index (κ2) is 5.54. The topological polar surface area (TPSA) is 49.4 Å². The summed E-state index contributed by atoms with van der Waals surface area (Å²) in [5.41, 5.74) is -0.652. The van der Waals surface area contributed by atoms with Crippen LogP contribution in [0.5, 0.6) is 0 Å². The second-order valence-electron chi connectivity index (χ2n) is 6.14. The fraction of sp³-hybridized carbons (Fsp3) is 0.500. The lowest BCUT2D eigenvalue weighted by Crippen LogP contribution is -2.53. The molecule has 1 spiro atoms. The van der Waals surface area contributed by atoms with E-state index in [0.717, 1.165) is 24.2 Å². The molecule has 1 saturated heterocycles. The van der Waals surface area contributed by atoms with Crippen molar-refractivity contribution in [1.82, 2.24) is 10.2 Å². The number of hydrogen-bond donors (Lipinski definition) is 1. The Morgan fingerprint density at radius 2 is 2.18 bits per heavy atom. The van der Waals surface area contributed by atoms with Gasteiger partial charge in [0, 0.05) is 10.6 Å². The smallest absolute Gasteiger partial charge is 0.323 e. The Kier molecular flexibility index (Phi) is 3.85. The number of nitrogens with one attached hydrogen (secondary N) is 1. The Balaban J connectivity index is 1.89. The van der Waals surface area contributed by atoms with Gasteiger partial charge >= 0.3 is 6.03 Å². The molecule has 1 aliphatic carbocycles. The average molecular weight is 325 g/mol. The van der Waals surface area contributed by atoms with Gasteiger partial charge < -0.3 is 5.32 Å². The van der Waals surface area contributed by atoms with Gasteiger partial charge in [0.15, 0.2) is 0 Å². The minimum Gasteiger partial charge on any atom is -0.323 e. The van der Waals surface area contributed by atoms with E-state index in [-0.39, 0.29) is 29.0 Å². The van der Waals surface area contributed by atoms with Crippen molar-refractivity contribution in [2.75, 3.05) is 0 Å². The van der Waals surface area contributed by atoms with E-state index in [2.05, 4.69) is 5.32 Å². The molecule has 3 amide bonds. The van der Waals surface area contributed by atoms with E-state index in [1.165, 1.54) is 12.1 Å². The lowest BCUT2D eigenvalue weighted by molar-refractivity contribution is -0.134. The lowest BCUT2D eigenvalue weighted by atomic mass is 9.73. The minimum atomic E-state index is -0.826. The summed E-state index contributed by atoms with van der Waals surface area (Å²) in [5.74, 6) is -0.687. The highest BCUT2D eigenvalue weighted by atomic mass is 35.5. The summed E-state index contributed by atoms with van der Waals surface area (Å²) in [6.45, 7) is 1.85. The van der Waals surface area contributed by atoms with Crippen molar-refractivity contribution < 1.29 is 14.0 Å². The molecule has 1 aliphatic heterocycles. The zero-order chi connectivity index (χ0) is 15.9. The molecule has 1 heterocycles. The van der Waals surface area contributed by atoms with Gasteiger partial charge in [-0.1, -0.05) is 37.4 Å². The maximum Gasteiger partial charge on any atom is 0.325 e. The van der Waals surface area contributed by atoms with Crippen molar-refractivity contribution in [1.29, 1.82) is 0 Å². The van der Waals surface area contributed by atoms with Crippen LogP contribution in [-0.4, -0.2) is 22.4 Å². The molecule has 1 aromatic rings. The first-order valence-corrected chi connectivity index (χ1v) is 7.90. The van der Waals surface area contributed by atoms with E-state index in [0.29, 0.717) is 6.42 Å². The average Bonchev–Trinajstić information content (AvgIpc) is 2.71. The van der Waals surface area contributed by atoms with Crippen molar-refractivity contribution in [2.45, 2.75) is 44.7 Å². The number of hydrogen-bond acceptors (Lipinski definition) is 2. The molecule has 118 valence electrons. The Bertz CT molecular complexity index is 616. The van der Waals surface area contributed by atoms with Crippen LogP contribution in [-0.2, 0) is 11.3 Å². The summed E-state index contributed by atoms with van der Waals surface area (Å²) in [5, 5.41) is 3.07. The highest BCUT2D eigenvalue weighted by molar-refractivity contribution is 6.31. The largest absolute Gasteiger partial charge is 0.325 e. The van der Waals surface area contributed by atoms with Gasteiger partial charge in [-0.2, -0.15) is 0 Å². The van der Waals surface area contributed by atoms with Crippen LogP contribution in [0.2, 0.25) is 5.02 Å². The predicted octanol–water partition coefficient (Wildman–Crippen LogP) is 3.48. The zero-order valence-corrected chi connectivity index (χ0v) is 13.1. The van der Waals surface area contributed by atoms with E-state index in [1.807, 2.05) is 6.92 Å². The molecule has 4 nitrogen and oxygen atoms in total. The van der Waals surface area contributed by atoms with Gasteiger partial charge in [-0.05, 0) is 30.9 Å². The van der Waals surface area contributed by atoms with E-state index in [1.54, 1.807) is 6.07 Å². The highest BCUT2D eigenvalue weighted by Crippen LogP contribution is 2.39. The van der Waals surface area contributed by atoms with Gasteiger partial charge in [0.2, 0.25) is 0 Å². The molecule has 2 atom stereocenters. The third kappa shape index (κ3) is 2.28. The van der Waals surface area contributed by atoms with Crippen LogP contribution in [0.1, 0.15) is 38.2 Å². The molecule has 0 radical (unpaired) electrons. The van der Waals surface area contributed by atoms with Gasteiger partial charge in [0.05, 0.1) is 6.54 Å². The van der Waals surface area contributed by atoms with E-state index >= 15 is 0 Å². The Hall–Kier alpha value is -1.62. The van der Waals surface area contributed by atoms with Crippen LogP contribution >= 0.6 is 11.6 Å². The van der Waals surface area contributed by atoms with E-state index < -0.39 is 17.4 Å². The van der Waals surface area contributed by atoms with Gasteiger partial charge in [0.25, 0.3) is 5.91 Å². The number of benzene rings is 1. The quantitative estimate of drug-likeness (QED) is 0.847. The number of amides is 3. The number of urea groups is 1. The molecule has 22 heavy (non-hydrogen) atoms. The number of carbonyl (C=O) groups is 2. The van der Waals surface area contributed by atoms with E-state index in [4.69, 9.17) is 11.6 Å². The summed E-state index contributed by atoms with van der Waals surface area (Å²) in [7, 11) is 0. The molecule has 0 aromatic heterocycles. The van der Waals surface area contributed by atoms with Crippen LogP contribution in [0, 0.1) is 11.7 Å². The number of carbonyl (C=O) groups excluding carboxylic acids is 2. The van der Waals surface area contributed by atoms with Crippen molar-refractivity contribution in [3.05, 3.63) is 34.6 Å². The second-order valence-corrected chi connectivity index (χ2v) is 6.55. The normalized spacial score (nSPS) is 28.3. The Morgan fingerprint density at radius 1 is 1.41 bits per heavy atom. The minimum absolute atomic E-state index is 0.0822. The number of rotatable bonds is 2. The standard InChI is InChI=1S/C16H18ClFN2O2/c1-10-5-2-3-8-16(10)14(21)20(15(22)19-16)9-11-12(17)6-4-7-13(11)18/h4,6-7,10H,2-3,5,8-9H2,1H3,(H,19,22)/t10-,16+/m1/s1. The highest BCUT2D eigenvalue weighted by Gasteiger charge is 2.54. The SMILES string of the molecule is C[C@@H]1CCCC[C@]12NC(=O)N(Cc1c(F)cccc1Cl)C2=O. The van der Waals surface area contributed by atoms with Gasteiger partial charge in [-0.25, -0.2) is 9.18 Å². The molecule has 0 bridgehead atoms. The van der Waals surface area contributed by atoms with Gasteiger partial charge in [-0.15, -0.1) is 0 Å². The van der Waals surface area contributed by atoms with E-state index in [9.17, 15) is 14.0 Å². The van der Waals surface area contributed by atoms with Crippen molar-refractivity contribution in [2.24, 2.45) is 5.92 Å². The summed E-state index contributed by atoms with van der Waals surface area (Å²) in [6, 6.07) is 3.87. The summed E-state index contributed by atoms with van der Waals surface area (Å²) in [6.07, 6.45) is 3.51. The van der Waals surface area contributed by atoms with Crippen LogP contribution < -0.4 is 5.32 Å². The molecule has 1 saturated carbocycles. The fourth-order valence-corrected chi connectivity index (χ4v) is 3.70. The molecular weight excluding hydrogens is 307 g/mol. The molecule has 2 fully saturated rings. The fourth-order valence-electron chi connectivity index (χ4n) is 3.48. The van der Waals surface area contributed by atoms with Crippen molar-refractivity contribution in [3.8, 4) is 0 Å². The first-order chi connectivity index (χ1) is 10.5. The molecule has 3 rings (SSSR count). The molecule has 0 unspecified atom stereocenters. The maximum atomic E-state index is 13.9. The third-order valence-electron chi connectivity index (χ3n) is 4.88. The monoisotopic (exact) mass is 324 g/mol.